The zero-order chi connectivity index (χ0) is 13.8. The van der Waals surface area contributed by atoms with E-state index in [0.717, 1.165) is 11.3 Å². The molecule has 5 nitrogen and oxygen atoms in total. The molecule has 19 heavy (non-hydrogen) atoms. The molecule has 104 valence electrons. The first-order chi connectivity index (χ1) is 9.13. The fourth-order valence-corrected chi connectivity index (χ4v) is 2.26. The molecule has 0 aromatic heterocycles. The fraction of sp³-hybridized carbons (Fsp3) is 0.500. The Morgan fingerprint density at radius 1 is 1.58 bits per heavy atom. The van der Waals surface area contributed by atoms with E-state index in [-0.39, 0.29) is 24.6 Å². The number of fused-ring (bicyclic) bond motifs is 1. The van der Waals surface area contributed by atoms with E-state index in [1.54, 1.807) is 7.05 Å². The molecule has 2 atom stereocenters. The summed E-state index contributed by atoms with van der Waals surface area (Å²) in [5, 5.41) is 11.8. The SMILES string of the molecule is CC(NC(=O)N(C)CCO)C1COc2ccccc21. The van der Waals surface area contributed by atoms with Crippen molar-refractivity contribution in [2.45, 2.75) is 18.9 Å². The van der Waals surface area contributed by atoms with Gasteiger partial charge in [-0.1, -0.05) is 18.2 Å². The Labute approximate surface area is 113 Å². The molecule has 0 saturated heterocycles. The van der Waals surface area contributed by atoms with Crippen molar-refractivity contribution in [2.24, 2.45) is 0 Å². The third-order valence-electron chi connectivity index (χ3n) is 3.47. The van der Waals surface area contributed by atoms with Gasteiger partial charge in [-0.05, 0) is 13.0 Å². The topological polar surface area (TPSA) is 61.8 Å². The van der Waals surface area contributed by atoms with E-state index >= 15 is 0 Å². The molecule has 2 rings (SSSR count). The average molecular weight is 264 g/mol. The number of likely N-dealkylation sites (N-methyl/N-ethyl adjacent to an activating group) is 1. The molecule has 0 radical (unpaired) electrons. The minimum Gasteiger partial charge on any atom is -0.493 e. The van der Waals surface area contributed by atoms with Crippen molar-refractivity contribution in [1.29, 1.82) is 0 Å². The van der Waals surface area contributed by atoms with E-state index in [2.05, 4.69) is 5.32 Å². The van der Waals surface area contributed by atoms with Crippen molar-refractivity contribution in [2.75, 3.05) is 26.8 Å². The van der Waals surface area contributed by atoms with Crippen LogP contribution in [-0.2, 0) is 0 Å². The van der Waals surface area contributed by atoms with E-state index in [1.165, 1.54) is 4.90 Å². The lowest BCUT2D eigenvalue weighted by Crippen LogP contribution is -2.45. The lowest BCUT2D eigenvalue weighted by Gasteiger charge is -2.24. The Kier molecular flexibility index (Phi) is 4.27. The third kappa shape index (κ3) is 2.98. The number of para-hydroxylation sites is 1. The number of amides is 2. The van der Waals surface area contributed by atoms with Crippen LogP contribution in [0.4, 0.5) is 4.79 Å². The van der Waals surface area contributed by atoms with E-state index < -0.39 is 0 Å². The van der Waals surface area contributed by atoms with Crippen LogP contribution in [0, 0.1) is 0 Å². The maximum absolute atomic E-state index is 11.9. The second-order valence-electron chi connectivity index (χ2n) is 4.84. The Bertz CT molecular complexity index is 450. The second kappa shape index (κ2) is 5.93. The van der Waals surface area contributed by atoms with Gasteiger partial charge in [-0.15, -0.1) is 0 Å². The van der Waals surface area contributed by atoms with Crippen molar-refractivity contribution in [3.05, 3.63) is 29.8 Å². The van der Waals surface area contributed by atoms with E-state index in [9.17, 15) is 4.79 Å². The van der Waals surface area contributed by atoms with Gasteiger partial charge < -0.3 is 20.1 Å². The van der Waals surface area contributed by atoms with Crippen LogP contribution in [0.2, 0.25) is 0 Å². The number of benzene rings is 1. The first-order valence-corrected chi connectivity index (χ1v) is 6.47. The number of aliphatic hydroxyl groups excluding tert-OH is 1. The summed E-state index contributed by atoms with van der Waals surface area (Å²) in [7, 11) is 1.66. The van der Waals surface area contributed by atoms with Crippen LogP contribution in [0.25, 0.3) is 0 Å². The summed E-state index contributed by atoms with van der Waals surface area (Å²) in [4.78, 5) is 13.3. The zero-order valence-corrected chi connectivity index (χ0v) is 11.3. The van der Waals surface area contributed by atoms with Gasteiger partial charge in [-0.3, -0.25) is 0 Å². The van der Waals surface area contributed by atoms with Gasteiger partial charge in [0.15, 0.2) is 0 Å². The van der Waals surface area contributed by atoms with E-state index in [4.69, 9.17) is 9.84 Å². The Balaban J connectivity index is 1.98. The predicted octanol–water partition coefficient (Wildman–Crippen LogP) is 1.18. The van der Waals surface area contributed by atoms with Gasteiger partial charge in [0, 0.05) is 31.1 Å². The molecule has 1 aliphatic rings. The highest BCUT2D eigenvalue weighted by molar-refractivity contribution is 5.74. The Hall–Kier alpha value is -1.75. The van der Waals surface area contributed by atoms with Crippen LogP contribution < -0.4 is 10.1 Å². The summed E-state index contributed by atoms with van der Waals surface area (Å²) in [6.07, 6.45) is 0. The molecule has 1 aliphatic heterocycles. The molecular weight excluding hydrogens is 244 g/mol. The second-order valence-corrected chi connectivity index (χ2v) is 4.84. The Morgan fingerprint density at radius 2 is 2.32 bits per heavy atom. The third-order valence-corrected chi connectivity index (χ3v) is 3.47. The molecule has 0 saturated carbocycles. The molecule has 0 bridgehead atoms. The van der Waals surface area contributed by atoms with Gasteiger partial charge in [0.25, 0.3) is 0 Å². The van der Waals surface area contributed by atoms with Crippen molar-refractivity contribution in [3.63, 3.8) is 0 Å². The van der Waals surface area contributed by atoms with Crippen LogP contribution in [0.3, 0.4) is 0 Å². The van der Waals surface area contributed by atoms with Crippen molar-refractivity contribution >= 4 is 6.03 Å². The van der Waals surface area contributed by atoms with Gasteiger partial charge >= 0.3 is 6.03 Å². The maximum Gasteiger partial charge on any atom is 0.317 e. The van der Waals surface area contributed by atoms with Crippen molar-refractivity contribution < 1.29 is 14.6 Å². The lowest BCUT2D eigenvalue weighted by molar-refractivity contribution is 0.185. The predicted molar refractivity (Wildman–Crippen MR) is 72.4 cm³/mol. The highest BCUT2D eigenvalue weighted by Gasteiger charge is 2.29. The number of rotatable bonds is 4. The summed E-state index contributed by atoms with van der Waals surface area (Å²) in [5.41, 5.74) is 1.14. The quantitative estimate of drug-likeness (QED) is 0.858. The van der Waals surface area contributed by atoms with E-state index in [0.29, 0.717) is 13.2 Å². The zero-order valence-electron chi connectivity index (χ0n) is 11.3. The Morgan fingerprint density at radius 3 is 3.05 bits per heavy atom. The number of nitrogens with one attached hydrogen (secondary N) is 1. The summed E-state index contributed by atoms with van der Waals surface area (Å²) in [6, 6.07) is 7.71. The normalized spacial score (nSPS) is 18.4. The van der Waals surface area contributed by atoms with Gasteiger partial charge in [-0.25, -0.2) is 4.79 Å². The number of ether oxygens (including phenoxy) is 1. The van der Waals surface area contributed by atoms with Crippen LogP contribution in [-0.4, -0.2) is 48.9 Å². The van der Waals surface area contributed by atoms with Crippen LogP contribution in [0.15, 0.2) is 24.3 Å². The molecule has 1 heterocycles. The average Bonchev–Trinajstić information content (AvgIpc) is 2.82. The van der Waals surface area contributed by atoms with Gasteiger partial charge in [0.05, 0.1) is 13.2 Å². The number of hydrogen-bond donors (Lipinski definition) is 2. The van der Waals surface area contributed by atoms with Gasteiger partial charge in [-0.2, -0.15) is 0 Å². The molecule has 1 aromatic carbocycles. The molecular formula is C14H20N2O3. The standard InChI is InChI=1S/C14H20N2O3/c1-10(15-14(18)16(2)7-8-17)12-9-19-13-6-4-3-5-11(12)13/h3-6,10,12,17H,7-9H2,1-2H3,(H,15,18). The molecule has 0 fully saturated rings. The first-order valence-electron chi connectivity index (χ1n) is 6.47. The minimum atomic E-state index is -0.175. The summed E-state index contributed by atoms with van der Waals surface area (Å²) >= 11 is 0. The fourth-order valence-electron chi connectivity index (χ4n) is 2.26. The summed E-state index contributed by atoms with van der Waals surface area (Å²) in [5.74, 6) is 1.07. The largest absolute Gasteiger partial charge is 0.493 e. The minimum absolute atomic E-state index is 0.0164. The maximum atomic E-state index is 11.9. The number of aliphatic hydroxyl groups is 1. The molecule has 1 aromatic rings. The smallest absolute Gasteiger partial charge is 0.317 e. The van der Waals surface area contributed by atoms with Gasteiger partial charge in [0.1, 0.15) is 5.75 Å². The highest BCUT2D eigenvalue weighted by atomic mass is 16.5. The van der Waals surface area contributed by atoms with Gasteiger partial charge in [0.2, 0.25) is 0 Å². The highest BCUT2D eigenvalue weighted by Crippen LogP contribution is 2.35. The molecule has 2 unspecified atom stereocenters. The number of urea groups is 1. The first kappa shape index (κ1) is 13.7. The monoisotopic (exact) mass is 264 g/mol. The van der Waals surface area contributed by atoms with Crippen LogP contribution in [0.5, 0.6) is 5.75 Å². The lowest BCUT2D eigenvalue weighted by atomic mass is 9.94. The number of carbonyl (C=O) groups excluding carboxylic acids is 1. The summed E-state index contributed by atoms with van der Waals surface area (Å²) in [6.45, 7) is 2.86. The van der Waals surface area contributed by atoms with Crippen LogP contribution >= 0.6 is 0 Å². The molecule has 2 N–H and O–H groups in total. The summed E-state index contributed by atoms with van der Waals surface area (Å²) < 4.78 is 5.62. The molecule has 0 aliphatic carbocycles. The molecule has 2 amide bonds. The number of nitrogens with zero attached hydrogens (tertiary/aromatic N) is 1. The molecule has 5 heteroatoms. The number of hydrogen-bond acceptors (Lipinski definition) is 3. The van der Waals surface area contributed by atoms with E-state index in [1.807, 2.05) is 31.2 Å². The van der Waals surface area contributed by atoms with Crippen molar-refractivity contribution in [1.82, 2.24) is 10.2 Å². The van der Waals surface area contributed by atoms with Crippen molar-refractivity contribution in [3.8, 4) is 5.75 Å². The number of carbonyl (C=O) groups is 1. The molecule has 0 spiro atoms. The van der Waals surface area contributed by atoms with Crippen LogP contribution in [0.1, 0.15) is 18.4 Å².